The molecule has 1 heterocycles. The quantitative estimate of drug-likeness (QED) is 0.889. The second-order valence-electron chi connectivity index (χ2n) is 6.17. The third kappa shape index (κ3) is 3.82. The number of benzene rings is 1. The van der Waals surface area contributed by atoms with Crippen LogP contribution >= 0.6 is 0 Å². The van der Waals surface area contributed by atoms with Crippen molar-refractivity contribution in [3.05, 3.63) is 35.9 Å². The van der Waals surface area contributed by atoms with Gasteiger partial charge in [-0.1, -0.05) is 30.3 Å². The zero-order valence-electron chi connectivity index (χ0n) is 13.2. The highest BCUT2D eigenvalue weighted by Crippen LogP contribution is 2.31. The Balaban J connectivity index is 1.52. The summed E-state index contributed by atoms with van der Waals surface area (Å²) in [4.78, 5) is 27.8. The van der Waals surface area contributed by atoms with E-state index in [0.29, 0.717) is 19.1 Å². The number of likely N-dealkylation sites (tertiary alicyclic amines) is 1. The molecule has 0 aromatic heterocycles. The number of hydrogen-bond acceptors (Lipinski definition) is 4. The average Bonchev–Trinajstić information content (AvgIpc) is 3.29. The smallest absolute Gasteiger partial charge is 0.410 e. The molecule has 1 aromatic carbocycles. The fourth-order valence-corrected chi connectivity index (χ4v) is 3.11. The van der Waals surface area contributed by atoms with E-state index in [9.17, 15) is 9.59 Å². The zero-order chi connectivity index (χ0) is 16.2. The Morgan fingerprint density at radius 1 is 1.17 bits per heavy atom. The molecule has 0 bridgehead atoms. The second-order valence-corrected chi connectivity index (χ2v) is 6.17. The minimum Gasteiger partial charge on any atom is -0.445 e. The van der Waals surface area contributed by atoms with E-state index in [1.807, 2.05) is 35.2 Å². The standard InChI is InChI=1S/C17H23N3O3/c18-10-16(21)20(14-6-7-14)15-8-9-19(11-15)17(22)23-12-13-4-2-1-3-5-13/h1-5,14-15H,6-12,18H2/t15-/m0/s1. The maximum Gasteiger partial charge on any atom is 0.410 e. The van der Waals surface area contributed by atoms with Crippen LogP contribution in [0.1, 0.15) is 24.8 Å². The minimum absolute atomic E-state index is 0.0167. The Morgan fingerprint density at radius 2 is 1.91 bits per heavy atom. The Hall–Kier alpha value is -2.08. The van der Waals surface area contributed by atoms with E-state index < -0.39 is 0 Å². The maximum atomic E-state index is 12.2. The van der Waals surface area contributed by atoms with Gasteiger partial charge in [-0.15, -0.1) is 0 Å². The van der Waals surface area contributed by atoms with Gasteiger partial charge < -0.3 is 20.3 Å². The molecule has 6 heteroatoms. The van der Waals surface area contributed by atoms with Gasteiger partial charge in [-0.2, -0.15) is 0 Å². The van der Waals surface area contributed by atoms with Crippen molar-refractivity contribution in [1.29, 1.82) is 0 Å². The molecular weight excluding hydrogens is 294 g/mol. The lowest BCUT2D eigenvalue weighted by Crippen LogP contribution is -2.46. The molecule has 2 aliphatic rings. The van der Waals surface area contributed by atoms with E-state index in [4.69, 9.17) is 10.5 Å². The molecule has 2 N–H and O–H groups in total. The molecule has 1 atom stereocenters. The van der Waals surface area contributed by atoms with Crippen LogP contribution in [-0.2, 0) is 16.1 Å². The van der Waals surface area contributed by atoms with E-state index in [1.165, 1.54) is 0 Å². The SMILES string of the molecule is NCC(=O)N(C1CC1)[C@H]1CCN(C(=O)OCc2ccccc2)C1. The van der Waals surface area contributed by atoms with Crippen LogP contribution < -0.4 is 5.73 Å². The van der Waals surface area contributed by atoms with E-state index in [0.717, 1.165) is 24.8 Å². The lowest BCUT2D eigenvalue weighted by Gasteiger charge is -2.28. The van der Waals surface area contributed by atoms with Crippen LogP contribution in [0.25, 0.3) is 0 Å². The van der Waals surface area contributed by atoms with Crippen molar-refractivity contribution in [3.63, 3.8) is 0 Å². The van der Waals surface area contributed by atoms with Crippen molar-refractivity contribution in [3.8, 4) is 0 Å². The Labute approximate surface area is 136 Å². The molecule has 1 aliphatic carbocycles. The van der Waals surface area contributed by atoms with Gasteiger partial charge in [0.05, 0.1) is 12.6 Å². The number of nitrogens with two attached hydrogens (primary N) is 1. The largest absolute Gasteiger partial charge is 0.445 e. The highest BCUT2D eigenvalue weighted by molar-refractivity contribution is 5.79. The summed E-state index contributed by atoms with van der Waals surface area (Å²) in [6, 6.07) is 10.0. The number of amides is 2. The molecule has 1 saturated carbocycles. The maximum absolute atomic E-state index is 12.2. The van der Waals surface area contributed by atoms with E-state index in [-0.39, 0.29) is 31.2 Å². The van der Waals surface area contributed by atoms with Gasteiger partial charge >= 0.3 is 6.09 Å². The van der Waals surface area contributed by atoms with Crippen molar-refractivity contribution in [2.75, 3.05) is 19.6 Å². The number of carbonyl (C=O) groups is 2. The van der Waals surface area contributed by atoms with Crippen LogP contribution in [0.5, 0.6) is 0 Å². The first kappa shape index (κ1) is 15.8. The predicted octanol–water partition coefficient (Wildman–Crippen LogP) is 1.35. The molecule has 0 spiro atoms. The van der Waals surface area contributed by atoms with Crippen LogP contribution in [0.3, 0.4) is 0 Å². The van der Waals surface area contributed by atoms with Gasteiger partial charge in [0.2, 0.25) is 5.91 Å². The molecule has 2 amide bonds. The molecule has 124 valence electrons. The molecule has 1 saturated heterocycles. The van der Waals surface area contributed by atoms with Gasteiger partial charge in [0, 0.05) is 19.1 Å². The average molecular weight is 317 g/mol. The topological polar surface area (TPSA) is 75.9 Å². The first-order valence-corrected chi connectivity index (χ1v) is 8.16. The molecule has 2 fully saturated rings. The van der Waals surface area contributed by atoms with Crippen LogP contribution in [0.2, 0.25) is 0 Å². The summed E-state index contributed by atoms with van der Waals surface area (Å²) in [6.45, 7) is 1.47. The van der Waals surface area contributed by atoms with Gasteiger partial charge in [-0.3, -0.25) is 4.79 Å². The number of carbonyl (C=O) groups excluding carboxylic acids is 2. The highest BCUT2D eigenvalue weighted by Gasteiger charge is 2.40. The summed E-state index contributed by atoms with van der Waals surface area (Å²) in [7, 11) is 0. The summed E-state index contributed by atoms with van der Waals surface area (Å²) in [5.41, 5.74) is 6.48. The number of hydrogen-bond donors (Lipinski definition) is 1. The molecule has 6 nitrogen and oxygen atoms in total. The zero-order valence-corrected chi connectivity index (χ0v) is 13.2. The molecule has 1 aromatic rings. The fraction of sp³-hybridized carbons (Fsp3) is 0.529. The van der Waals surface area contributed by atoms with Gasteiger partial charge in [-0.05, 0) is 24.8 Å². The summed E-state index contributed by atoms with van der Waals surface area (Å²) in [6.07, 6.45) is 2.57. The normalized spacial score (nSPS) is 20.4. The monoisotopic (exact) mass is 317 g/mol. The Morgan fingerprint density at radius 3 is 2.57 bits per heavy atom. The lowest BCUT2D eigenvalue weighted by atomic mass is 10.2. The van der Waals surface area contributed by atoms with Crippen LogP contribution in [-0.4, -0.2) is 53.5 Å². The van der Waals surface area contributed by atoms with E-state index in [2.05, 4.69) is 0 Å². The van der Waals surface area contributed by atoms with E-state index in [1.54, 1.807) is 4.90 Å². The Kier molecular flexibility index (Phi) is 4.81. The van der Waals surface area contributed by atoms with Gasteiger partial charge in [0.25, 0.3) is 0 Å². The first-order chi connectivity index (χ1) is 11.2. The van der Waals surface area contributed by atoms with Gasteiger partial charge in [-0.25, -0.2) is 4.79 Å². The Bertz CT molecular complexity index is 559. The molecule has 23 heavy (non-hydrogen) atoms. The van der Waals surface area contributed by atoms with Crippen LogP contribution in [0.15, 0.2) is 30.3 Å². The van der Waals surface area contributed by atoms with Crippen molar-refractivity contribution < 1.29 is 14.3 Å². The predicted molar refractivity (Wildman–Crippen MR) is 85.5 cm³/mol. The lowest BCUT2D eigenvalue weighted by molar-refractivity contribution is -0.132. The number of nitrogens with zero attached hydrogens (tertiary/aromatic N) is 2. The summed E-state index contributed by atoms with van der Waals surface area (Å²) < 4.78 is 5.36. The number of rotatable bonds is 5. The molecule has 0 radical (unpaired) electrons. The minimum atomic E-state index is -0.313. The van der Waals surface area contributed by atoms with Gasteiger partial charge in [0.1, 0.15) is 6.61 Å². The second kappa shape index (κ2) is 7.00. The highest BCUT2D eigenvalue weighted by atomic mass is 16.6. The first-order valence-electron chi connectivity index (χ1n) is 8.16. The summed E-state index contributed by atoms with van der Waals surface area (Å²) in [5, 5.41) is 0. The van der Waals surface area contributed by atoms with Crippen molar-refractivity contribution in [2.45, 2.75) is 38.0 Å². The van der Waals surface area contributed by atoms with Crippen LogP contribution in [0.4, 0.5) is 4.79 Å². The van der Waals surface area contributed by atoms with Crippen LogP contribution in [0, 0.1) is 0 Å². The van der Waals surface area contributed by atoms with E-state index >= 15 is 0 Å². The van der Waals surface area contributed by atoms with Crippen molar-refractivity contribution >= 4 is 12.0 Å². The fourth-order valence-electron chi connectivity index (χ4n) is 3.11. The number of ether oxygens (including phenoxy) is 1. The third-order valence-corrected chi connectivity index (χ3v) is 4.42. The molecule has 0 unspecified atom stereocenters. The summed E-state index contributed by atoms with van der Waals surface area (Å²) >= 11 is 0. The molecule has 3 rings (SSSR count). The molecule has 1 aliphatic heterocycles. The molecular formula is C17H23N3O3. The van der Waals surface area contributed by atoms with Crippen molar-refractivity contribution in [1.82, 2.24) is 9.80 Å². The summed E-state index contributed by atoms with van der Waals surface area (Å²) in [5.74, 6) is -0.0167. The third-order valence-electron chi connectivity index (χ3n) is 4.42. The van der Waals surface area contributed by atoms with Gasteiger partial charge in [0.15, 0.2) is 0 Å². The van der Waals surface area contributed by atoms with Crippen molar-refractivity contribution in [2.24, 2.45) is 5.73 Å².